The zero-order chi connectivity index (χ0) is 20.7. The number of alkyl halides is 4. The molecule has 3 rings (SSSR count). The Hall–Kier alpha value is -2.49. The van der Waals surface area contributed by atoms with Crippen LogP contribution in [0.4, 0.5) is 29.5 Å². The summed E-state index contributed by atoms with van der Waals surface area (Å²) in [7, 11) is 3.53. The first-order valence-corrected chi connectivity index (χ1v) is 8.79. The van der Waals surface area contributed by atoms with Crippen LogP contribution in [0.1, 0.15) is 36.3 Å². The molecule has 6 nitrogen and oxygen atoms in total. The van der Waals surface area contributed by atoms with Gasteiger partial charge in [0.25, 0.3) is 0 Å². The summed E-state index contributed by atoms with van der Waals surface area (Å²) in [6.07, 6.45) is -4.43. The van der Waals surface area contributed by atoms with Gasteiger partial charge < -0.3 is 10.6 Å². The van der Waals surface area contributed by atoms with Crippen molar-refractivity contribution in [3.63, 3.8) is 0 Å². The molecule has 10 heteroatoms. The Morgan fingerprint density at radius 2 is 1.93 bits per heavy atom. The van der Waals surface area contributed by atoms with E-state index in [0.717, 1.165) is 12.1 Å². The monoisotopic (exact) mass is 398 g/mol. The van der Waals surface area contributed by atoms with Crippen LogP contribution in [0.5, 0.6) is 0 Å². The van der Waals surface area contributed by atoms with Crippen molar-refractivity contribution in [2.24, 2.45) is 0 Å². The molecule has 28 heavy (non-hydrogen) atoms. The van der Waals surface area contributed by atoms with Crippen LogP contribution < -0.4 is 10.6 Å². The van der Waals surface area contributed by atoms with Crippen molar-refractivity contribution >= 4 is 11.9 Å². The topological polar surface area (TPSA) is 71.2 Å². The Kier molecular flexibility index (Phi) is 5.18. The van der Waals surface area contributed by atoms with Gasteiger partial charge in [-0.05, 0) is 31.0 Å². The van der Waals surface area contributed by atoms with Gasteiger partial charge in [-0.25, -0.2) is 4.39 Å². The van der Waals surface area contributed by atoms with Crippen LogP contribution >= 0.6 is 0 Å². The highest BCUT2D eigenvalue weighted by Crippen LogP contribution is 2.41. The number of benzene rings is 1. The molecule has 1 saturated heterocycles. The smallest absolute Gasteiger partial charge is 0.368 e. The van der Waals surface area contributed by atoms with Gasteiger partial charge in [-0.15, -0.1) is 0 Å². The summed E-state index contributed by atoms with van der Waals surface area (Å²) in [5, 5.41) is 0. The van der Waals surface area contributed by atoms with Crippen molar-refractivity contribution in [2.45, 2.75) is 31.2 Å². The first-order chi connectivity index (χ1) is 13.0. The Morgan fingerprint density at radius 3 is 2.57 bits per heavy atom. The summed E-state index contributed by atoms with van der Waals surface area (Å²) in [4.78, 5) is 16.0. The number of nitrogen functional groups attached to an aromatic ring is 1. The lowest BCUT2D eigenvalue weighted by molar-refractivity contribution is -0.137. The lowest BCUT2D eigenvalue weighted by Crippen LogP contribution is -2.31. The van der Waals surface area contributed by atoms with Gasteiger partial charge >= 0.3 is 6.18 Å². The van der Waals surface area contributed by atoms with Crippen molar-refractivity contribution < 1.29 is 17.6 Å². The first kappa shape index (κ1) is 20.2. The number of nitrogens with two attached hydrogens (primary N) is 1. The fraction of sp³-hybridized carbons (Fsp3) is 0.500. The van der Waals surface area contributed by atoms with Crippen LogP contribution in [0.3, 0.4) is 0 Å². The molecule has 0 bridgehead atoms. The number of nitrogens with zero attached hydrogens (tertiary/aromatic N) is 5. The molecular weight excluding hydrogens is 376 g/mol. The van der Waals surface area contributed by atoms with E-state index in [1.165, 1.54) is 12.1 Å². The minimum absolute atomic E-state index is 0.0289. The van der Waals surface area contributed by atoms with Crippen LogP contribution in [-0.2, 0) is 11.8 Å². The summed E-state index contributed by atoms with van der Waals surface area (Å²) in [5.41, 5.74) is 3.05. The number of rotatable bonds is 4. The summed E-state index contributed by atoms with van der Waals surface area (Å²) in [6.45, 7) is 2.11. The van der Waals surface area contributed by atoms with E-state index >= 15 is 4.39 Å². The molecule has 1 aromatic carbocycles. The molecule has 1 fully saturated rings. The number of hydrogen-bond donors (Lipinski definition) is 1. The zero-order valence-electron chi connectivity index (χ0n) is 15.8. The van der Waals surface area contributed by atoms with Crippen LogP contribution in [0.15, 0.2) is 24.3 Å². The third kappa shape index (κ3) is 4.01. The molecule has 2 unspecified atom stereocenters. The molecule has 2 heterocycles. The molecule has 2 aromatic rings. The van der Waals surface area contributed by atoms with E-state index < -0.39 is 17.4 Å². The van der Waals surface area contributed by atoms with Crippen molar-refractivity contribution in [2.75, 3.05) is 37.8 Å². The summed E-state index contributed by atoms with van der Waals surface area (Å²) >= 11 is 0. The molecular formula is C18H22F4N6. The standard InChI is InChI=1S/C18H22F4N6/c1-11(14-24-15(23)26-16(25-14)27(2)3)28-8-7-17(19,10-28)12-5-4-6-13(9-12)18(20,21)22/h4-6,9,11H,7-8,10H2,1-3H3,(H2,23,24,25,26). The fourth-order valence-corrected chi connectivity index (χ4v) is 3.29. The van der Waals surface area contributed by atoms with Gasteiger partial charge in [-0.2, -0.15) is 28.1 Å². The Bertz CT molecular complexity index is 856. The Labute approximate surface area is 160 Å². The summed E-state index contributed by atoms with van der Waals surface area (Å²) in [5.74, 6) is 0.839. The minimum Gasteiger partial charge on any atom is -0.368 e. The van der Waals surface area contributed by atoms with E-state index in [-0.39, 0.29) is 30.5 Å². The molecule has 152 valence electrons. The molecule has 1 aliphatic heterocycles. The molecule has 2 N–H and O–H groups in total. The Morgan fingerprint density at radius 1 is 1.21 bits per heavy atom. The maximum absolute atomic E-state index is 15.5. The lowest BCUT2D eigenvalue weighted by Gasteiger charge is -2.26. The largest absolute Gasteiger partial charge is 0.416 e. The third-order valence-electron chi connectivity index (χ3n) is 4.94. The highest BCUT2D eigenvalue weighted by atomic mass is 19.4. The van der Waals surface area contributed by atoms with Crippen LogP contribution in [0, 0.1) is 0 Å². The predicted molar refractivity (Wildman–Crippen MR) is 97.4 cm³/mol. The second-order valence-corrected chi connectivity index (χ2v) is 7.19. The number of aromatic nitrogens is 3. The number of anilines is 2. The molecule has 0 radical (unpaired) electrons. The quantitative estimate of drug-likeness (QED) is 0.798. The predicted octanol–water partition coefficient (Wildman–Crippen LogP) is 3.17. The SMILES string of the molecule is CC(c1nc(N)nc(N(C)C)n1)N1CCC(F)(c2cccc(C(F)(F)F)c2)C1. The maximum atomic E-state index is 15.5. The Balaban J connectivity index is 1.83. The van der Waals surface area contributed by atoms with Crippen molar-refractivity contribution in [1.29, 1.82) is 0 Å². The maximum Gasteiger partial charge on any atom is 0.416 e. The fourth-order valence-electron chi connectivity index (χ4n) is 3.29. The van der Waals surface area contributed by atoms with Gasteiger partial charge in [0.2, 0.25) is 11.9 Å². The highest BCUT2D eigenvalue weighted by Gasteiger charge is 2.43. The average molecular weight is 398 g/mol. The minimum atomic E-state index is -4.51. The van der Waals surface area contributed by atoms with Crippen molar-refractivity contribution in [3.05, 3.63) is 41.2 Å². The van der Waals surface area contributed by atoms with Crippen LogP contribution in [0.2, 0.25) is 0 Å². The summed E-state index contributed by atoms with van der Waals surface area (Å²) in [6, 6.07) is 4.10. The second kappa shape index (κ2) is 7.16. The highest BCUT2D eigenvalue weighted by molar-refractivity contribution is 5.34. The van der Waals surface area contributed by atoms with Gasteiger partial charge in [0, 0.05) is 27.2 Å². The van der Waals surface area contributed by atoms with Crippen LogP contribution in [0.25, 0.3) is 0 Å². The molecule has 0 aliphatic carbocycles. The van der Waals surface area contributed by atoms with Crippen LogP contribution in [-0.4, -0.2) is 47.0 Å². The van der Waals surface area contributed by atoms with E-state index in [1.54, 1.807) is 23.9 Å². The average Bonchev–Trinajstić information content (AvgIpc) is 3.03. The molecule has 1 aromatic heterocycles. The second-order valence-electron chi connectivity index (χ2n) is 7.19. The number of halogens is 4. The van der Waals surface area contributed by atoms with E-state index in [1.807, 2.05) is 6.92 Å². The number of likely N-dealkylation sites (tertiary alicyclic amines) is 1. The van der Waals surface area contributed by atoms with E-state index in [9.17, 15) is 13.2 Å². The van der Waals surface area contributed by atoms with Crippen molar-refractivity contribution in [3.8, 4) is 0 Å². The zero-order valence-corrected chi connectivity index (χ0v) is 15.8. The van der Waals surface area contributed by atoms with E-state index in [0.29, 0.717) is 18.3 Å². The normalized spacial score (nSPS) is 21.7. The lowest BCUT2D eigenvalue weighted by atomic mass is 9.93. The van der Waals surface area contributed by atoms with E-state index in [4.69, 9.17) is 5.73 Å². The molecule has 1 aliphatic rings. The van der Waals surface area contributed by atoms with Gasteiger partial charge in [0.15, 0.2) is 5.82 Å². The molecule has 0 saturated carbocycles. The number of hydrogen-bond acceptors (Lipinski definition) is 6. The third-order valence-corrected chi connectivity index (χ3v) is 4.94. The van der Waals surface area contributed by atoms with Gasteiger partial charge in [-0.1, -0.05) is 12.1 Å². The summed E-state index contributed by atoms with van der Waals surface area (Å²) < 4.78 is 54.5. The van der Waals surface area contributed by atoms with Crippen molar-refractivity contribution in [1.82, 2.24) is 19.9 Å². The molecule has 0 spiro atoms. The molecule has 0 amide bonds. The molecule has 2 atom stereocenters. The van der Waals surface area contributed by atoms with Gasteiger partial charge in [0.1, 0.15) is 5.67 Å². The van der Waals surface area contributed by atoms with Gasteiger partial charge in [0.05, 0.1) is 11.6 Å². The van der Waals surface area contributed by atoms with Gasteiger partial charge in [-0.3, -0.25) is 4.90 Å². The first-order valence-electron chi connectivity index (χ1n) is 8.79. The van der Waals surface area contributed by atoms with E-state index in [2.05, 4.69) is 15.0 Å².